The molecule has 0 N–H and O–H groups in total. The van der Waals surface area contributed by atoms with Gasteiger partial charge in [-0.25, -0.2) is 0 Å². The fraction of sp³-hybridized carbons (Fsp3) is 0.943. The van der Waals surface area contributed by atoms with E-state index < -0.39 is 0 Å². The number of thioether (sulfide) groups is 2. The van der Waals surface area contributed by atoms with Gasteiger partial charge < -0.3 is 9.80 Å². The maximum atomic E-state index is 5.99. The highest BCUT2D eigenvalue weighted by atomic mass is 32.2. The van der Waals surface area contributed by atoms with Crippen molar-refractivity contribution in [1.82, 2.24) is 9.80 Å². The zero-order chi connectivity index (χ0) is 30.2. The molecule has 0 amide bonds. The van der Waals surface area contributed by atoms with Crippen molar-refractivity contribution in [3.05, 3.63) is 0 Å². The van der Waals surface area contributed by atoms with E-state index in [-0.39, 0.29) is 0 Å². The molecule has 244 valence electrons. The van der Waals surface area contributed by atoms with Gasteiger partial charge in [0.1, 0.15) is 8.64 Å². The van der Waals surface area contributed by atoms with Crippen molar-refractivity contribution < 1.29 is 0 Å². The lowest BCUT2D eigenvalue weighted by molar-refractivity contribution is 0.395. The first-order chi connectivity index (χ1) is 20.1. The van der Waals surface area contributed by atoms with Crippen LogP contribution in [0, 0.1) is 0 Å². The Morgan fingerprint density at radius 2 is 0.585 bits per heavy atom. The van der Waals surface area contributed by atoms with E-state index in [4.69, 9.17) is 24.4 Å². The van der Waals surface area contributed by atoms with Gasteiger partial charge in [0, 0.05) is 26.2 Å². The molecule has 0 rings (SSSR count). The van der Waals surface area contributed by atoms with Crippen LogP contribution in [-0.4, -0.2) is 49.7 Å². The highest BCUT2D eigenvalue weighted by molar-refractivity contribution is 8.35. The van der Waals surface area contributed by atoms with Crippen LogP contribution >= 0.6 is 48.0 Å². The summed E-state index contributed by atoms with van der Waals surface area (Å²) in [4.78, 5) is 5.04. The first-order valence-electron chi connectivity index (χ1n) is 17.9. The maximum Gasteiger partial charge on any atom is 0.137 e. The van der Waals surface area contributed by atoms with E-state index in [9.17, 15) is 0 Å². The Morgan fingerprint density at radius 3 is 0.829 bits per heavy atom. The molecule has 0 aliphatic rings. The van der Waals surface area contributed by atoms with Gasteiger partial charge >= 0.3 is 0 Å². The predicted molar refractivity (Wildman–Crippen MR) is 202 cm³/mol. The molecule has 0 saturated heterocycles. The maximum absolute atomic E-state index is 5.99. The third kappa shape index (κ3) is 27.7. The van der Waals surface area contributed by atoms with Crippen LogP contribution < -0.4 is 0 Å². The third-order valence-corrected chi connectivity index (χ3v) is 11.2. The number of hydrogen-bond acceptors (Lipinski definition) is 4. The summed E-state index contributed by atoms with van der Waals surface area (Å²) in [6.07, 6.45) is 32.3. The van der Waals surface area contributed by atoms with E-state index in [0.29, 0.717) is 0 Å². The van der Waals surface area contributed by atoms with E-state index in [1.807, 2.05) is 23.5 Å². The normalized spacial score (nSPS) is 11.2. The van der Waals surface area contributed by atoms with Crippen LogP contribution in [0.25, 0.3) is 0 Å². The largest absolute Gasteiger partial charge is 0.358 e. The van der Waals surface area contributed by atoms with E-state index in [2.05, 4.69) is 37.5 Å². The molecular weight excluding hydrogens is 577 g/mol. The summed E-state index contributed by atoms with van der Waals surface area (Å²) in [5, 5.41) is 0.949. The molecule has 0 aliphatic carbocycles. The molecule has 0 fully saturated rings. The van der Waals surface area contributed by atoms with Crippen molar-refractivity contribution in [2.45, 2.75) is 182 Å². The van der Waals surface area contributed by atoms with Gasteiger partial charge in [-0.15, -0.1) is 0 Å². The van der Waals surface area contributed by atoms with Crippen molar-refractivity contribution in [2.24, 2.45) is 0 Å². The quantitative estimate of drug-likeness (QED) is 0.0432. The first-order valence-corrected chi connectivity index (χ1v) is 20.7. The van der Waals surface area contributed by atoms with Crippen molar-refractivity contribution in [3.8, 4) is 0 Å². The smallest absolute Gasteiger partial charge is 0.137 e. The number of unbranched alkanes of at least 4 members (excludes halogenated alkanes) is 20. The summed E-state index contributed by atoms with van der Waals surface area (Å²) in [5.74, 6) is 0. The average Bonchev–Trinajstić information content (AvgIpc) is 2.97. The highest BCUT2D eigenvalue weighted by Gasteiger charge is 2.14. The fourth-order valence-corrected chi connectivity index (χ4v) is 8.24. The van der Waals surface area contributed by atoms with Crippen LogP contribution in [0.4, 0.5) is 0 Å². The van der Waals surface area contributed by atoms with Gasteiger partial charge in [-0.05, 0) is 25.7 Å². The average molecular weight is 647 g/mol. The van der Waals surface area contributed by atoms with Gasteiger partial charge in [-0.2, -0.15) is 0 Å². The topological polar surface area (TPSA) is 6.48 Å². The highest BCUT2D eigenvalue weighted by Crippen LogP contribution is 2.22. The second-order valence-corrected chi connectivity index (χ2v) is 15.6. The lowest BCUT2D eigenvalue weighted by Gasteiger charge is -2.27. The Balaban J connectivity index is 4.67. The van der Waals surface area contributed by atoms with E-state index in [1.54, 1.807) is 0 Å². The van der Waals surface area contributed by atoms with Crippen molar-refractivity contribution >= 4 is 56.6 Å². The number of nitrogens with zero attached hydrogens (tertiary/aromatic N) is 2. The van der Waals surface area contributed by atoms with Gasteiger partial charge in [-0.3, -0.25) is 0 Å². The molecule has 0 aliphatic heterocycles. The lowest BCUT2D eigenvalue weighted by atomic mass is 10.1. The zero-order valence-electron chi connectivity index (χ0n) is 28.0. The molecule has 0 aromatic rings. The Hall–Kier alpha value is 0.480. The van der Waals surface area contributed by atoms with Crippen LogP contribution in [0.15, 0.2) is 0 Å². The standard InChI is InChI=1S/C35H70N2S4/c1-5-9-13-17-21-25-29-36(30-26-22-18-14-10-6-2)34(38)40-33-41-35(39)37(31-27-23-19-15-11-7-3)32-28-24-20-16-12-8-4/h5-33H2,1-4H3. The molecule has 2 nitrogen and oxygen atoms in total. The molecule has 6 heteroatoms. The second kappa shape index (κ2) is 33.4. The summed E-state index contributed by atoms with van der Waals surface area (Å²) in [5.41, 5.74) is 0. The summed E-state index contributed by atoms with van der Waals surface area (Å²) < 4.78 is 2.20. The Kier molecular flexibility index (Phi) is 33.8. The van der Waals surface area contributed by atoms with E-state index >= 15 is 0 Å². The molecule has 0 heterocycles. The first kappa shape index (κ1) is 41.5. The Bertz CT molecular complexity index is 492. The summed E-state index contributed by atoms with van der Waals surface area (Å²) in [6.45, 7) is 13.7. The van der Waals surface area contributed by atoms with Gasteiger partial charge in [0.15, 0.2) is 0 Å². The molecule has 0 unspecified atom stereocenters. The molecule has 0 aromatic heterocycles. The molecule has 41 heavy (non-hydrogen) atoms. The van der Waals surface area contributed by atoms with Gasteiger partial charge in [0.05, 0.1) is 5.08 Å². The molecule has 0 bridgehead atoms. The summed E-state index contributed by atoms with van der Waals surface area (Å²) in [7, 11) is 0. The van der Waals surface area contributed by atoms with Crippen LogP contribution in [-0.2, 0) is 0 Å². The van der Waals surface area contributed by atoms with Crippen molar-refractivity contribution in [2.75, 3.05) is 31.3 Å². The SMILES string of the molecule is CCCCCCCCN(CCCCCCCC)C(=S)SCSC(=S)N(CCCCCCCC)CCCCCCCC. The molecule has 0 spiro atoms. The Labute approximate surface area is 278 Å². The van der Waals surface area contributed by atoms with E-state index in [0.717, 1.165) is 39.9 Å². The fourth-order valence-electron chi connectivity index (χ4n) is 5.23. The minimum Gasteiger partial charge on any atom is -0.358 e. The van der Waals surface area contributed by atoms with E-state index in [1.165, 1.54) is 154 Å². The molecule has 0 aromatic carbocycles. The number of rotatable bonds is 30. The minimum atomic E-state index is 0.949. The van der Waals surface area contributed by atoms with Gasteiger partial charge in [0.2, 0.25) is 0 Å². The minimum absolute atomic E-state index is 0.949. The zero-order valence-corrected chi connectivity index (χ0v) is 31.3. The van der Waals surface area contributed by atoms with Crippen LogP contribution in [0.5, 0.6) is 0 Å². The van der Waals surface area contributed by atoms with Crippen molar-refractivity contribution in [3.63, 3.8) is 0 Å². The number of thiocarbonyl (C=S) groups is 2. The van der Waals surface area contributed by atoms with Crippen LogP contribution in [0.1, 0.15) is 182 Å². The molecule has 0 radical (unpaired) electrons. The van der Waals surface area contributed by atoms with Crippen molar-refractivity contribution in [1.29, 1.82) is 0 Å². The van der Waals surface area contributed by atoms with Crippen LogP contribution in [0.2, 0.25) is 0 Å². The number of hydrogen-bond donors (Lipinski definition) is 0. The Morgan fingerprint density at radius 1 is 0.366 bits per heavy atom. The summed E-state index contributed by atoms with van der Waals surface area (Å²) >= 11 is 15.7. The van der Waals surface area contributed by atoms with Crippen LogP contribution in [0.3, 0.4) is 0 Å². The molecule has 0 saturated carbocycles. The van der Waals surface area contributed by atoms with Gasteiger partial charge in [0.25, 0.3) is 0 Å². The summed E-state index contributed by atoms with van der Waals surface area (Å²) in [6, 6.07) is 0. The monoisotopic (exact) mass is 646 g/mol. The molecular formula is C35H70N2S4. The second-order valence-electron chi connectivity index (χ2n) is 12.0. The molecule has 0 atom stereocenters. The third-order valence-electron chi connectivity index (χ3n) is 8.01. The van der Waals surface area contributed by atoms with Gasteiger partial charge in [-0.1, -0.05) is 204 Å². The lowest BCUT2D eigenvalue weighted by Crippen LogP contribution is -2.31. The predicted octanol–water partition coefficient (Wildman–Crippen LogP) is 13.0.